The van der Waals surface area contributed by atoms with Crippen molar-refractivity contribution in [2.45, 2.75) is 36.5 Å². The fraction of sp³-hybridized carbons (Fsp3) is 0.462. The van der Waals surface area contributed by atoms with Gasteiger partial charge in [-0.1, -0.05) is 17.7 Å². The van der Waals surface area contributed by atoms with E-state index in [4.69, 9.17) is 5.11 Å². The van der Waals surface area contributed by atoms with Crippen LogP contribution in [-0.2, 0) is 14.6 Å². The Morgan fingerprint density at radius 3 is 2.58 bits per heavy atom. The third kappa shape index (κ3) is 2.64. The van der Waals surface area contributed by atoms with E-state index in [1.54, 1.807) is 19.1 Å². The number of carboxylic acid groups (broad SMARTS) is 1. The van der Waals surface area contributed by atoms with E-state index in [1.807, 2.05) is 13.0 Å². The van der Waals surface area contributed by atoms with Gasteiger partial charge >= 0.3 is 5.97 Å². The number of nitrogens with one attached hydrogen (secondary N) is 1. The van der Waals surface area contributed by atoms with Crippen LogP contribution < -0.4 is 5.32 Å². The van der Waals surface area contributed by atoms with Crippen molar-refractivity contribution in [3.63, 3.8) is 0 Å². The van der Waals surface area contributed by atoms with Crippen molar-refractivity contribution in [1.29, 1.82) is 0 Å². The molecule has 0 bridgehead atoms. The normalized spacial score (nSPS) is 23.5. The maximum atomic E-state index is 12.5. The summed E-state index contributed by atoms with van der Waals surface area (Å²) >= 11 is 0. The molecule has 2 atom stereocenters. The largest absolute Gasteiger partial charge is 0.480 e. The third-order valence-corrected chi connectivity index (χ3v) is 5.77. The molecular weight excluding hydrogens is 266 g/mol. The molecule has 1 heterocycles. The number of carboxylic acids is 1. The summed E-state index contributed by atoms with van der Waals surface area (Å²) in [5, 5.41) is 11.0. The Labute approximate surface area is 112 Å². The van der Waals surface area contributed by atoms with Crippen molar-refractivity contribution < 1.29 is 18.3 Å². The Morgan fingerprint density at radius 1 is 1.37 bits per heavy atom. The summed E-state index contributed by atoms with van der Waals surface area (Å²) < 4.78 is 25.0. The van der Waals surface area contributed by atoms with Crippen molar-refractivity contribution in [3.05, 3.63) is 29.3 Å². The zero-order chi connectivity index (χ0) is 14.2. The Hall–Kier alpha value is -1.40. The van der Waals surface area contributed by atoms with Crippen molar-refractivity contribution in [1.82, 2.24) is 5.32 Å². The van der Waals surface area contributed by atoms with Crippen molar-refractivity contribution in [2.24, 2.45) is 0 Å². The van der Waals surface area contributed by atoms with Gasteiger partial charge in [-0.2, -0.15) is 0 Å². The molecule has 2 rings (SSSR count). The lowest BCUT2D eigenvalue weighted by atomic mass is 10.2. The lowest BCUT2D eigenvalue weighted by Gasteiger charge is -2.13. The molecule has 1 aromatic carbocycles. The predicted octanol–water partition coefficient (Wildman–Crippen LogP) is 0.892. The third-order valence-electron chi connectivity index (χ3n) is 3.46. The van der Waals surface area contributed by atoms with Crippen LogP contribution in [0.2, 0.25) is 0 Å². The maximum absolute atomic E-state index is 12.5. The summed E-state index contributed by atoms with van der Waals surface area (Å²) in [6.07, 6.45) is 0.116. The molecule has 1 aliphatic rings. The summed E-state index contributed by atoms with van der Waals surface area (Å²) in [7, 11) is -3.48. The smallest absolute Gasteiger partial charge is 0.320 e. The molecular formula is C13H17NO4S. The molecule has 0 aliphatic carbocycles. The van der Waals surface area contributed by atoms with Gasteiger partial charge in [0, 0.05) is 6.54 Å². The van der Waals surface area contributed by atoms with Gasteiger partial charge < -0.3 is 10.4 Å². The minimum atomic E-state index is -3.48. The van der Waals surface area contributed by atoms with E-state index < -0.39 is 27.1 Å². The first kappa shape index (κ1) is 14.0. The number of hydrogen-bond donors (Lipinski definition) is 2. The second-order valence-corrected chi connectivity index (χ2v) is 7.17. The first-order valence-corrected chi connectivity index (χ1v) is 7.64. The zero-order valence-electron chi connectivity index (χ0n) is 10.9. The second kappa shape index (κ2) is 4.94. The van der Waals surface area contributed by atoms with Gasteiger partial charge in [-0.3, -0.25) is 4.79 Å². The molecule has 1 aromatic rings. The highest BCUT2D eigenvalue weighted by Crippen LogP contribution is 2.26. The van der Waals surface area contributed by atoms with Gasteiger partial charge in [-0.25, -0.2) is 8.42 Å². The van der Waals surface area contributed by atoms with Crippen LogP contribution in [0, 0.1) is 13.8 Å². The first-order chi connectivity index (χ1) is 8.82. The number of carbonyl (C=O) groups is 1. The van der Waals surface area contributed by atoms with Crippen LogP contribution in [0.5, 0.6) is 0 Å². The molecule has 0 aromatic heterocycles. The number of rotatable bonds is 3. The molecule has 104 valence electrons. The molecule has 0 radical (unpaired) electrons. The number of hydrogen-bond acceptors (Lipinski definition) is 4. The average molecular weight is 283 g/mol. The fourth-order valence-electron chi connectivity index (χ4n) is 2.43. The number of aryl methyl sites for hydroxylation is 2. The summed E-state index contributed by atoms with van der Waals surface area (Å²) in [4.78, 5) is 11.2. The fourth-order valence-corrected chi connectivity index (χ4v) is 4.31. The Morgan fingerprint density at radius 2 is 2.05 bits per heavy atom. The van der Waals surface area contributed by atoms with E-state index in [9.17, 15) is 13.2 Å². The van der Waals surface area contributed by atoms with E-state index >= 15 is 0 Å². The summed E-state index contributed by atoms with van der Waals surface area (Å²) in [6, 6.07) is 4.42. The monoisotopic (exact) mass is 283 g/mol. The standard InChI is InChI=1S/C13H17NO4S/c1-8-3-4-12(9(2)5-8)19(17,18)10-6-11(13(15)16)14-7-10/h3-5,10-11,14H,6-7H2,1-2H3,(H,15,16)/t10-,11+/m1/s1. The lowest BCUT2D eigenvalue weighted by molar-refractivity contribution is -0.139. The van der Waals surface area contributed by atoms with Crippen LogP contribution in [0.4, 0.5) is 0 Å². The molecule has 0 saturated carbocycles. The Bertz CT molecular complexity index is 609. The van der Waals surface area contributed by atoms with Gasteiger partial charge in [0.05, 0.1) is 10.1 Å². The molecule has 0 spiro atoms. The zero-order valence-corrected chi connectivity index (χ0v) is 11.7. The van der Waals surface area contributed by atoms with Crippen LogP contribution in [0.3, 0.4) is 0 Å². The van der Waals surface area contributed by atoms with Crippen molar-refractivity contribution in [2.75, 3.05) is 6.54 Å². The molecule has 6 heteroatoms. The Balaban J connectivity index is 2.31. The number of aliphatic carboxylic acids is 1. The number of benzene rings is 1. The van der Waals surface area contributed by atoms with E-state index in [-0.39, 0.29) is 13.0 Å². The lowest BCUT2D eigenvalue weighted by Crippen LogP contribution is -2.30. The Kier molecular flexibility index (Phi) is 3.64. The van der Waals surface area contributed by atoms with Crippen LogP contribution in [0.15, 0.2) is 23.1 Å². The number of sulfone groups is 1. The highest BCUT2D eigenvalue weighted by atomic mass is 32.2. The minimum absolute atomic E-state index is 0.116. The summed E-state index contributed by atoms with van der Waals surface area (Å²) in [5.41, 5.74) is 1.71. The first-order valence-electron chi connectivity index (χ1n) is 6.09. The quantitative estimate of drug-likeness (QED) is 0.861. The molecule has 1 aliphatic heterocycles. The average Bonchev–Trinajstić information content (AvgIpc) is 2.78. The van der Waals surface area contributed by atoms with Gasteiger partial charge in [0.1, 0.15) is 6.04 Å². The molecule has 1 saturated heterocycles. The van der Waals surface area contributed by atoms with Crippen molar-refractivity contribution >= 4 is 15.8 Å². The predicted molar refractivity (Wildman–Crippen MR) is 70.9 cm³/mol. The SMILES string of the molecule is Cc1ccc(S(=O)(=O)[C@H]2CN[C@H](C(=O)O)C2)c(C)c1. The second-order valence-electron chi connectivity index (χ2n) is 4.97. The van der Waals surface area contributed by atoms with E-state index in [0.717, 1.165) is 5.56 Å². The molecule has 1 fully saturated rings. The van der Waals surface area contributed by atoms with Gasteiger partial charge in [0.25, 0.3) is 0 Å². The minimum Gasteiger partial charge on any atom is -0.480 e. The van der Waals surface area contributed by atoms with E-state index in [1.165, 1.54) is 0 Å². The molecule has 0 amide bonds. The molecule has 0 unspecified atom stereocenters. The van der Waals surface area contributed by atoms with Gasteiger partial charge in [0.15, 0.2) is 9.84 Å². The van der Waals surface area contributed by atoms with Gasteiger partial charge in [-0.15, -0.1) is 0 Å². The van der Waals surface area contributed by atoms with E-state index in [2.05, 4.69) is 5.32 Å². The maximum Gasteiger partial charge on any atom is 0.320 e. The summed E-state index contributed by atoms with van der Waals surface area (Å²) in [5.74, 6) is -1.00. The van der Waals surface area contributed by atoms with Gasteiger partial charge in [-0.05, 0) is 31.9 Å². The van der Waals surface area contributed by atoms with Gasteiger partial charge in [0.2, 0.25) is 0 Å². The highest BCUT2D eigenvalue weighted by Gasteiger charge is 2.38. The van der Waals surface area contributed by atoms with Crippen LogP contribution in [-0.4, -0.2) is 37.3 Å². The van der Waals surface area contributed by atoms with Crippen molar-refractivity contribution in [3.8, 4) is 0 Å². The van der Waals surface area contributed by atoms with Crippen LogP contribution in [0.25, 0.3) is 0 Å². The van der Waals surface area contributed by atoms with Crippen LogP contribution >= 0.6 is 0 Å². The van der Waals surface area contributed by atoms with Crippen LogP contribution in [0.1, 0.15) is 17.5 Å². The molecule has 19 heavy (non-hydrogen) atoms. The molecule has 2 N–H and O–H groups in total. The summed E-state index contributed by atoms with van der Waals surface area (Å²) in [6.45, 7) is 3.85. The molecule has 5 nitrogen and oxygen atoms in total. The van der Waals surface area contributed by atoms with E-state index in [0.29, 0.717) is 10.5 Å². The highest BCUT2D eigenvalue weighted by molar-refractivity contribution is 7.92. The topological polar surface area (TPSA) is 83.5 Å².